The van der Waals surface area contributed by atoms with E-state index in [1.165, 1.54) is 35.5 Å². The quantitative estimate of drug-likeness (QED) is 0.444. The van der Waals surface area contributed by atoms with Crippen LogP contribution in [-0.2, 0) is 23.5 Å². The fourth-order valence-corrected chi connectivity index (χ4v) is 3.32. The summed E-state index contributed by atoms with van der Waals surface area (Å²) >= 11 is 0. The second-order valence-electron chi connectivity index (χ2n) is 7.28. The second kappa shape index (κ2) is 8.93. The minimum Gasteiger partial charge on any atom is -0.380 e. The van der Waals surface area contributed by atoms with Gasteiger partial charge in [0.05, 0.1) is 12.6 Å². The Kier molecular flexibility index (Phi) is 6.06. The molecule has 2 aromatic carbocycles. The number of benzene rings is 2. The summed E-state index contributed by atoms with van der Waals surface area (Å²) in [6, 6.07) is 10.3. The van der Waals surface area contributed by atoms with Crippen LogP contribution in [0.15, 0.2) is 65.7 Å². The Hall–Kier alpha value is -3.50. The summed E-state index contributed by atoms with van der Waals surface area (Å²) in [7, 11) is 0. The average molecular weight is 444 g/mol. The first kappa shape index (κ1) is 21.7. The average Bonchev–Trinajstić information content (AvgIpc) is 3.44. The van der Waals surface area contributed by atoms with Gasteiger partial charge in [-0.1, -0.05) is 11.2 Å². The zero-order valence-corrected chi connectivity index (χ0v) is 17.0. The molecule has 0 unspecified atom stereocenters. The molecule has 0 bridgehead atoms. The lowest BCUT2D eigenvalue weighted by Gasteiger charge is -2.34. The van der Waals surface area contributed by atoms with Crippen LogP contribution < -0.4 is 0 Å². The van der Waals surface area contributed by atoms with Gasteiger partial charge in [-0.25, -0.2) is 22.8 Å². The molecule has 2 atom stereocenters. The maximum atomic E-state index is 14.6. The topological polar surface area (TPSA) is 86.2 Å². The highest BCUT2D eigenvalue weighted by molar-refractivity contribution is 5.58. The number of nitrogens with zero attached hydrogens (tertiary/aromatic N) is 4. The smallest absolute Gasteiger partial charge is 0.163 e. The van der Waals surface area contributed by atoms with Gasteiger partial charge < -0.3 is 14.4 Å². The molecule has 0 spiro atoms. The lowest BCUT2D eigenvalue weighted by atomic mass is 9.88. The summed E-state index contributed by atoms with van der Waals surface area (Å²) in [5.74, 6) is -1.70. The lowest BCUT2D eigenvalue weighted by Crippen LogP contribution is -2.44. The van der Waals surface area contributed by atoms with E-state index in [-0.39, 0.29) is 24.5 Å². The second-order valence-corrected chi connectivity index (χ2v) is 7.28. The minimum absolute atomic E-state index is 0.0855. The Balaban J connectivity index is 1.54. The Bertz CT molecular complexity index is 1180. The van der Waals surface area contributed by atoms with Crippen molar-refractivity contribution in [2.75, 3.05) is 0 Å². The van der Waals surface area contributed by atoms with Crippen LogP contribution in [0.1, 0.15) is 18.2 Å². The molecule has 0 saturated carbocycles. The molecule has 0 aliphatic carbocycles. The van der Waals surface area contributed by atoms with Crippen molar-refractivity contribution < 1.29 is 27.5 Å². The van der Waals surface area contributed by atoms with Crippen LogP contribution in [0.25, 0.3) is 11.3 Å². The van der Waals surface area contributed by atoms with Crippen LogP contribution in [0.2, 0.25) is 0 Å². The lowest BCUT2D eigenvalue weighted by molar-refractivity contribution is -0.126. The van der Waals surface area contributed by atoms with Gasteiger partial charge in [-0.15, -0.1) is 0 Å². The van der Waals surface area contributed by atoms with Gasteiger partial charge >= 0.3 is 0 Å². The molecule has 10 heteroatoms. The fraction of sp³-hybridized carbons (Fsp3) is 0.227. The monoisotopic (exact) mass is 444 g/mol. The number of hydrogen-bond donors (Lipinski definition) is 1. The van der Waals surface area contributed by atoms with Gasteiger partial charge in [-0.3, -0.25) is 0 Å². The van der Waals surface area contributed by atoms with Crippen LogP contribution in [0.5, 0.6) is 0 Å². The van der Waals surface area contributed by atoms with Gasteiger partial charge in [0.1, 0.15) is 48.0 Å². The Morgan fingerprint density at radius 1 is 1.09 bits per heavy atom. The maximum absolute atomic E-state index is 14.6. The zero-order chi connectivity index (χ0) is 22.7. The molecular formula is C22H19F3N4O3. The fourth-order valence-electron chi connectivity index (χ4n) is 3.32. The maximum Gasteiger partial charge on any atom is 0.163 e. The van der Waals surface area contributed by atoms with Gasteiger partial charge in [0.15, 0.2) is 5.76 Å². The zero-order valence-electron chi connectivity index (χ0n) is 17.0. The Morgan fingerprint density at radius 3 is 2.53 bits per heavy atom. The molecule has 0 amide bonds. The third-order valence-corrected chi connectivity index (χ3v) is 5.11. The predicted octanol–water partition coefficient (Wildman–Crippen LogP) is 3.84. The number of rotatable bonds is 8. The summed E-state index contributed by atoms with van der Waals surface area (Å²) in [4.78, 5) is 3.83. The molecule has 166 valence electrons. The SMILES string of the molecule is C[C@@H](OCc1cc(-c2ccc(F)cc2)no1)[C@](O)(Cn1cncn1)c1ccc(F)cc1F. The van der Waals surface area contributed by atoms with E-state index in [2.05, 4.69) is 15.2 Å². The number of aromatic nitrogens is 4. The van der Waals surface area contributed by atoms with E-state index in [0.717, 1.165) is 6.07 Å². The molecule has 2 aromatic heterocycles. The van der Waals surface area contributed by atoms with Crippen LogP contribution in [0, 0.1) is 17.5 Å². The molecule has 0 fully saturated rings. The van der Waals surface area contributed by atoms with Crippen molar-refractivity contribution >= 4 is 0 Å². The normalized spacial score (nSPS) is 14.3. The molecule has 0 saturated heterocycles. The molecule has 4 rings (SSSR count). The highest BCUT2D eigenvalue weighted by Crippen LogP contribution is 2.32. The molecule has 0 aliphatic rings. The van der Waals surface area contributed by atoms with Crippen LogP contribution in [0.3, 0.4) is 0 Å². The Morgan fingerprint density at radius 2 is 1.84 bits per heavy atom. The van der Waals surface area contributed by atoms with Gasteiger partial charge in [0, 0.05) is 23.3 Å². The molecule has 32 heavy (non-hydrogen) atoms. The predicted molar refractivity (Wildman–Crippen MR) is 106 cm³/mol. The van der Waals surface area contributed by atoms with Gasteiger partial charge in [-0.05, 0) is 37.3 Å². The Labute approximate surface area is 181 Å². The number of hydrogen-bond acceptors (Lipinski definition) is 6. The van der Waals surface area contributed by atoms with Crippen molar-refractivity contribution in [3.8, 4) is 11.3 Å². The van der Waals surface area contributed by atoms with Crippen molar-refractivity contribution in [3.05, 3.63) is 90.0 Å². The van der Waals surface area contributed by atoms with Crippen LogP contribution in [-0.4, -0.2) is 31.1 Å². The number of ether oxygens (including phenoxy) is 1. The number of halogens is 3. The van der Waals surface area contributed by atoms with Crippen LogP contribution >= 0.6 is 0 Å². The van der Waals surface area contributed by atoms with Crippen molar-refractivity contribution in [2.45, 2.75) is 31.8 Å². The molecule has 0 radical (unpaired) electrons. The highest BCUT2D eigenvalue weighted by atomic mass is 19.1. The highest BCUT2D eigenvalue weighted by Gasteiger charge is 2.40. The van der Waals surface area contributed by atoms with E-state index in [0.29, 0.717) is 23.1 Å². The van der Waals surface area contributed by atoms with Crippen molar-refractivity contribution in [3.63, 3.8) is 0 Å². The molecule has 7 nitrogen and oxygen atoms in total. The summed E-state index contributed by atoms with van der Waals surface area (Å²) < 4.78 is 53.5. The van der Waals surface area contributed by atoms with E-state index < -0.39 is 23.3 Å². The first-order chi connectivity index (χ1) is 15.3. The van der Waals surface area contributed by atoms with E-state index in [9.17, 15) is 18.3 Å². The van der Waals surface area contributed by atoms with Crippen molar-refractivity contribution in [2.24, 2.45) is 0 Å². The number of aliphatic hydroxyl groups is 1. The van der Waals surface area contributed by atoms with Crippen LogP contribution in [0.4, 0.5) is 13.2 Å². The van der Waals surface area contributed by atoms with E-state index in [4.69, 9.17) is 9.26 Å². The largest absolute Gasteiger partial charge is 0.380 e. The van der Waals surface area contributed by atoms with Gasteiger partial charge in [0.2, 0.25) is 0 Å². The standard InChI is InChI=1S/C22H19F3N4O3/c1-14(31-10-18-9-21(28-32-18)15-2-4-16(23)5-3-15)22(30,11-29-13-26-12-27-29)19-7-6-17(24)8-20(19)25/h2-9,12-14,30H,10-11H2,1H3/t14-,22-/m1/s1. The summed E-state index contributed by atoms with van der Waals surface area (Å²) in [5, 5.41) is 19.3. The van der Waals surface area contributed by atoms with Crippen molar-refractivity contribution in [1.29, 1.82) is 0 Å². The van der Waals surface area contributed by atoms with Gasteiger partial charge in [-0.2, -0.15) is 5.10 Å². The minimum atomic E-state index is -1.90. The van der Waals surface area contributed by atoms with E-state index >= 15 is 0 Å². The van der Waals surface area contributed by atoms with Crippen molar-refractivity contribution in [1.82, 2.24) is 19.9 Å². The van der Waals surface area contributed by atoms with E-state index in [1.807, 2.05) is 0 Å². The third-order valence-electron chi connectivity index (χ3n) is 5.11. The first-order valence-electron chi connectivity index (χ1n) is 9.68. The summed E-state index contributed by atoms with van der Waals surface area (Å²) in [6.07, 6.45) is 1.68. The van der Waals surface area contributed by atoms with Gasteiger partial charge in [0.25, 0.3) is 0 Å². The molecule has 0 aliphatic heterocycles. The molecule has 4 aromatic rings. The summed E-state index contributed by atoms with van der Waals surface area (Å²) in [6.45, 7) is 1.28. The molecular weight excluding hydrogens is 425 g/mol. The summed E-state index contributed by atoms with van der Waals surface area (Å²) in [5.41, 5.74) is -0.902. The molecule has 1 N–H and O–H groups in total. The molecule has 2 heterocycles. The van der Waals surface area contributed by atoms with E-state index in [1.54, 1.807) is 25.1 Å². The first-order valence-corrected chi connectivity index (χ1v) is 9.68. The third kappa shape index (κ3) is 4.56.